The summed E-state index contributed by atoms with van der Waals surface area (Å²) in [5.41, 5.74) is 3.59. The number of aromatic nitrogens is 5. The SMILES string of the molecule is Cn1c(NCc2ccc(-n3cncn3)cc2)nc2ccc(F)cc21. The van der Waals surface area contributed by atoms with Crippen molar-refractivity contribution in [3.8, 4) is 5.69 Å². The summed E-state index contributed by atoms with van der Waals surface area (Å²) in [5.74, 6) is 0.441. The molecule has 0 aliphatic rings. The molecule has 1 N–H and O–H groups in total. The van der Waals surface area contributed by atoms with Crippen LogP contribution in [0, 0.1) is 5.82 Å². The molecular formula is C17H15FN6. The monoisotopic (exact) mass is 322 g/mol. The van der Waals surface area contributed by atoms with E-state index in [1.807, 2.05) is 35.9 Å². The lowest BCUT2D eigenvalue weighted by molar-refractivity contribution is 0.629. The molecule has 7 heteroatoms. The van der Waals surface area contributed by atoms with E-state index in [0.29, 0.717) is 12.5 Å². The molecule has 0 atom stereocenters. The number of hydrogen-bond donors (Lipinski definition) is 1. The molecule has 0 saturated carbocycles. The van der Waals surface area contributed by atoms with Gasteiger partial charge in [-0.1, -0.05) is 12.1 Å². The minimum absolute atomic E-state index is 0.263. The molecule has 2 heterocycles. The molecule has 24 heavy (non-hydrogen) atoms. The van der Waals surface area contributed by atoms with E-state index in [1.54, 1.807) is 17.1 Å². The van der Waals surface area contributed by atoms with E-state index in [0.717, 1.165) is 22.3 Å². The summed E-state index contributed by atoms with van der Waals surface area (Å²) in [6, 6.07) is 12.6. The average molecular weight is 322 g/mol. The topological polar surface area (TPSA) is 60.6 Å². The first kappa shape index (κ1) is 14.4. The Balaban J connectivity index is 1.51. The molecule has 6 nitrogen and oxygen atoms in total. The van der Waals surface area contributed by atoms with Crippen LogP contribution in [0.2, 0.25) is 0 Å². The standard InChI is InChI=1S/C17H15FN6/c1-23-16-8-13(18)4-7-15(16)22-17(23)20-9-12-2-5-14(6-3-12)24-11-19-10-21-24/h2-8,10-11H,9H2,1H3,(H,20,22). The molecule has 0 aliphatic heterocycles. The normalized spacial score (nSPS) is 11.1. The first-order valence-corrected chi connectivity index (χ1v) is 7.50. The molecule has 0 unspecified atom stereocenters. The van der Waals surface area contributed by atoms with E-state index in [4.69, 9.17) is 0 Å². The number of fused-ring (bicyclic) bond motifs is 1. The number of anilines is 1. The predicted octanol–water partition coefficient (Wildman–Crippen LogP) is 2.91. The van der Waals surface area contributed by atoms with Gasteiger partial charge in [0, 0.05) is 13.6 Å². The predicted molar refractivity (Wildman–Crippen MR) is 89.4 cm³/mol. The number of imidazole rings is 1. The molecule has 2 aromatic heterocycles. The second-order valence-corrected chi connectivity index (χ2v) is 5.49. The Morgan fingerprint density at radius 1 is 1.12 bits per heavy atom. The maximum atomic E-state index is 13.4. The smallest absolute Gasteiger partial charge is 0.203 e. The minimum Gasteiger partial charge on any atom is -0.352 e. The lowest BCUT2D eigenvalue weighted by Gasteiger charge is -2.07. The van der Waals surface area contributed by atoms with E-state index in [9.17, 15) is 4.39 Å². The van der Waals surface area contributed by atoms with E-state index in [1.165, 1.54) is 18.5 Å². The van der Waals surface area contributed by atoms with E-state index in [-0.39, 0.29) is 5.82 Å². The number of nitrogens with one attached hydrogen (secondary N) is 1. The van der Waals surface area contributed by atoms with Crippen molar-refractivity contribution in [3.05, 3.63) is 66.5 Å². The van der Waals surface area contributed by atoms with Crippen molar-refractivity contribution in [2.45, 2.75) is 6.54 Å². The van der Waals surface area contributed by atoms with Crippen molar-refractivity contribution >= 4 is 17.0 Å². The highest BCUT2D eigenvalue weighted by Crippen LogP contribution is 2.19. The minimum atomic E-state index is -0.263. The van der Waals surface area contributed by atoms with Crippen molar-refractivity contribution in [1.29, 1.82) is 0 Å². The second kappa shape index (κ2) is 5.77. The van der Waals surface area contributed by atoms with E-state index in [2.05, 4.69) is 20.4 Å². The number of nitrogens with zero attached hydrogens (tertiary/aromatic N) is 5. The maximum absolute atomic E-state index is 13.4. The van der Waals surface area contributed by atoms with Crippen LogP contribution in [0.3, 0.4) is 0 Å². The summed E-state index contributed by atoms with van der Waals surface area (Å²) in [4.78, 5) is 8.42. The summed E-state index contributed by atoms with van der Waals surface area (Å²) >= 11 is 0. The van der Waals surface area contributed by atoms with Gasteiger partial charge in [-0.2, -0.15) is 5.10 Å². The van der Waals surface area contributed by atoms with Gasteiger partial charge in [0.1, 0.15) is 18.5 Å². The van der Waals surface area contributed by atoms with Gasteiger partial charge in [0.25, 0.3) is 0 Å². The average Bonchev–Trinajstić information content (AvgIpc) is 3.23. The second-order valence-electron chi connectivity index (χ2n) is 5.49. The van der Waals surface area contributed by atoms with Crippen LogP contribution in [-0.2, 0) is 13.6 Å². The summed E-state index contributed by atoms with van der Waals surface area (Å²) in [7, 11) is 1.87. The quantitative estimate of drug-likeness (QED) is 0.627. The van der Waals surface area contributed by atoms with Gasteiger partial charge in [0.05, 0.1) is 16.7 Å². The molecule has 4 aromatic rings. The maximum Gasteiger partial charge on any atom is 0.203 e. The van der Waals surface area contributed by atoms with Gasteiger partial charge in [-0.25, -0.2) is 19.0 Å². The molecule has 0 saturated heterocycles. The number of halogens is 1. The summed E-state index contributed by atoms with van der Waals surface area (Å²) in [6.07, 6.45) is 3.16. The Kier molecular flexibility index (Phi) is 3.45. The number of hydrogen-bond acceptors (Lipinski definition) is 4. The third-order valence-corrected chi connectivity index (χ3v) is 3.91. The Morgan fingerprint density at radius 3 is 2.71 bits per heavy atom. The summed E-state index contributed by atoms with van der Waals surface area (Å²) in [6.45, 7) is 0.622. The van der Waals surface area contributed by atoms with Crippen LogP contribution in [0.15, 0.2) is 55.1 Å². The Morgan fingerprint density at radius 2 is 1.96 bits per heavy atom. The molecule has 0 fully saturated rings. The molecule has 0 radical (unpaired) electrons. The Bertz CT molecular complexity index is 972. The largest absolute Gasteiger partial charge is 0.352 e. The number of aryl methyl sites for hydroxylation is 1. The van der Waals surface area contributed by atoms with Crippen LogP contribution in [0.25, 0.3) is 16.7 Å². The molecular weight excluding hydrogens is 307 g/mol. The van der Waals surface area contributed by atoms with Crippen LogP contribution in [0.4, 0.5) is 10.3 Å². The van der Waals surface area contributed by atoms with Gasteiger partial charge in [0.2, 0.25) is 5.95 Å². The fourth-order valence-corrected chi connectivity index (χ4v) is 2.61. The van der Waals surface area contributed by atoms with Crippen LogP contribution in [-0.4, -0.2) is 24.3 Å². The summed E-state index contributed by atoms with van der Waals surface area (Å²) in [5, 5.41) is 7.39. The van der Waals surface area contributed by atoms with Crippen molar-refractivity contribution in [2.75, 3.05) is 5.32 Å². The molecule has 0 aliphatic carbocycles. The van der Waals surface area contributed by atoms with E-state index >= 15 is 0 Å². The first-order valence-electron chi connectivity index (χ1n) is 7.50. The Labute approximate surface area is 137 Å². The van der Waals surface area contributed by atoms with Crippen molar-refractivity contribution in [2.24, 2.45) is 7.05 Å². The van der Waals surface area contributed by atoms with Gasteiger partial charge in [-0.15, -0.1) is 0 Å². The molecule has 0 bridgehead atoms. The van der Waals surface area contributed by atoms with Gasteiger partial charge >= 0.3 is 0 Å². The fourth-order valence-electron chi connectivity index (χ4n) is 2.61. The number of benzene rings is 2. The zero-order valence-corrected chi connectivity index (χ0v) is 13.0. The van der Waals surface area contributed by atoms with Gasteiger partial charge in [0.15, 0.2) is 0 Å². The molecule has 0 spiro atoms. The highest BCUT2D eigenvalue weighted by molar-refractivity contribution is 5.78. The van der Waals surface area contributed by atoms with Gasteiger partial charge < -0.3 is 9.88 Å². The Hall–Kier alpha value is -3.22. The summed E-state index contributed by atoms with van der Waals surface area (Å²) < 4.78 is 16.9. The molecule has 0 amide bonds. The molecule has 4 rings (SSSR count). The van der Waals surface area contributed by atoms with Crippen LogP contribution in [0.1, 0.15) is 5.56 Å². The lowest BCUT2D eigenvalue weighted by Crippen LogP contribution is -2.05. The zero-order valence-electron chi connectivity index (χ0n) is 13.0. The van der Waals surface area contributed by atoms with Gasteiger partial charge in [-0.05, 0) is 35.9 Å². The van der Waals surface area contributed by atoms with E-state index < -0.39 is 0 Å². The van der Waals surface area contributed by atoms with Crippen LogP contribution < -0.4 is 5.32 Å². The first-order chi connectivity index (χ1) is 11.7. The third-order valence-electron chi connectivity index (χ3n) is 3.91. The molecule has 120 valence electrons. The van der Waals surface area contributed by atoms with Crippen molar-refractivity contribution < 1.29 is 4.39 Å². The number of rotatable bonds is 4. The molecule has 2 aromatic carbocycles. The van der Waals surface area contributed by atoms with Crippen LogP contribution in [0.5, 0.6) is 0 Å². The third kappa shape index (κ3) is 2.60. The highest BCUT2D eigenvalue weighted by atomic mass is 19.1. The lowest BCUT2D eigenvalue weighted by atomic mass is 10.2. The fraction of sp³-hybridized carbons (Fsp3) is 0.118. The van der Waals surface area contributed by atoms with Crippen molar-refractivity contribution in [1.82, 2.24) is 24.3 Å². The van der Waals surface area contributed by atoms with Gasteiger partial charge in [-0.3, -0.25) is 0 Å². The van der Waals surface area contributed by atoms with Crippen LogP contribution >= 0.6 is 0 Å². The zero-order chi connectivity index (χ0) is 16.5. The van der Waals surface area contributed by atoms with Crippen molar-refractivity contribution in [3.63, 3.8) is 0 Å². The highest BCUT2D eigenvalue weighted by Gasteiger charge is 2.08.